The van der Waals surface area contributed by atoms with Gasteiger partial charge < -0.3 is 14.3 Å². The smallest absolute Gasteiger partial charge is 0.113 e. The third-order valence-corrected chi connectivity index (χ3v) is 1.84. The van der Waals surface area contributed by atoms with Crippen LogP contribution in [0.25, 0.3) is 0 Å². The number of ether oxygens (including phenoxy) is 1. The second kappa shape index (κ2) is 3.94. The Morgan fingerprint density at radius 1 is 1.62 bits per heavy atom. The molecule has 1 atom stereocenters. The molecule has 1 unspecified atom stereocenters. The van der Waals surface area contributed by atoms with E-state index in [2.05, 4.69) is 0 Å². The molecule has 3 nitrogen and oxygen atoms in total. The molecule has 0 spiro atoms. The Labute approximate surface area is 78.3 Å². The second-order valence-corrected chi connectivity index (χ2v) is 3.65. The highest BCUT2D eigenvalue weighted by Gasteiger charge is 2.24. The van der Waals surface area contributed by atoms with E-state index < -0.39 is 5.60 Å². The molecule has 1 aromatic heterocycles. The van der Waals surface area contributed by atoms with Gasteiger partial charge in [-0.25, -0.2) is 0 Å². The van der Waals surface area contributed by atoms with Crippen LogP contribution in [0.1, 0.15) is 26.3 Å². The minimum absolute atomic E-state index is 0.123. The lowest BCUT2D eigenvalue weighted by Gasteiger charge is -2.22. The first-order valence-corrected chi connectivity index (χ1v) is 4.39. The van der Waals surface area contributed by atoms with Gasteiger partial charge in [0.1, 0.15) is 5.60 Å². The van der Waals surface area contributed by atoms with Gasteiger partial charge >= 0.3 is 0 Å². The third-order valence-electron chi connectivity index (χ3n) is 1.84. The van der Waals surface area contributed by atoms with Gasteiger partial charge in [-0.1, -0.05) is 0 Å². The summed E-state index contributed by atoms with van der Waals surface area (Å²) in [5, 5.41) is 9.94. The number of hydrogen-bond donors (Lipinski definition) is 1. The summed E-state index contributed by atoms with van der Waals surface area (Å²) >= 11 is 0. The van der Waals surface area contributed by atoms with Crippen LogP contribution in [0.5, 0.6) is 0 Å². The van der Waals surface area contributed by atoms with Gasteiger partial charge in [0.25, 0.3) is 0 Å². The Hall–Kier alpha value is -0.800. The van der Waals surface area contributed by atoms with Crippen molar-refractivity contribution < 1.29 is 14.3 Å². The van der Waals surface area contributed by atoms with Gasteiger partial charge in [-0.3, -0.25) is 0 Å². The first-order valence-electron chi connectivity index (χ1n) is 4.39. The summed E-state index contributed by atoms with van der Waals surface area (Å²) in [5.74, 6) is 0. The van der Waals surface area contributed by atoms with E-state index in [1.165, 1.54) is 6.26 Å². The summed E-state index contributed by atoms with van der Waals surface area (Å²) in [5.41, 5.74) is -0.217. The van der Waals surface area contributed by atoms with Crippen molar-refractivity contribution in [2.75, 3.05) is 6.61 Å². The largest absolute Gasteiger partial charge is 0.472 e. The molecule has 1 rings (SSSR count). The molecular weight excluding hydrogens is 168 g/mol. The Kier molecular flexibility index (Phi) is 3.12. The Balaban J connectivity index is 2.56. The second-order valence-electron chi connectivity index (χ2n) is 3.65. The van der Waals surface area contributed by atoms with Crippen LogP contribution in [0.2, 0.25) is 0 Å². The van der Waals surface area contributed by atoms with E-state index in [1.807, 2.05) is 13.8 Å². The molecule has 0 aromatic carbocycles. The van der Waals surface area contributed by atoms with Crippen LogP contribution in [-0.2, 0) is 10.3 Å². The fourth-order valence-corrected chi connectivity index (χ4v) is 0.983. The van der Waals surface area contributed by atoms with Gasteiger partial charge in [0, 0.05) is 5.56 Å². The zero-order chi connectivity index (χ0) is 9.90. The lowest BCUT2D eigenvalue weighted by Crippen LogP contribution is -2.28. The van der Waals surface area contributed by atoms with Crippen LogP contribution in [0, 0.1) is 0 Å². The maximum Gasteiger partial charge on any atom is 0.113 e. The lowest BCUT2D eigenvalue weighted by atomic mass is 10.0. The summed E-state index contributed by atoms with van der Waals surface area (Å²) in [7, 11) is 0. The highest BCUT2D eigenvalue weighted by Crippen LogP contribution is 2.21. The number of hydrogen-bond acceptors (Lipinski definition) is 3. The van der Waals surface area contributed by atoms with Gasteiger partial charge in [0.05, 0.1) is 25.2 Å². The maximum absolute atomic E-state index is 9.94. The van der Waals surface area contributed by atoms with Crippen molar-refractivity contribution in [1.82, 2.24) is 0 Å². The van der Waals surface area contributed by atoms with Crippen molar-refractivity contribution in [1.29, 1.82) is 0 Å². The highest BCUT2D eigenvalue weighted by atomic mass is 16.5. The van der Waals surface area contributed by atoms with Gasteiger partial charge in [-0.2, -0.15) is 0 Å². The molecule has 0 saturated carbocycles. The van der Waals surface area contributed by atoms with Crippen LogP contribution in [0.4, 0.5) is 0 Å². The molecule has 0 radical (unpaired) electrons. The normalized spacial score (nSPS) is 16.1. The molecule has 1 aromatic rings. The molecule has 0 aliphatic carbocycles. The van der Waals surface area contributed by atoms with Crippen molar-refractivity contribution in [3.8, 4) is 0 Å². The Morgan fingerprint density at radius 3 is 2.77 bits per heavy atom. The van der Waals surface area contributed by atoms with Crippen LogP contribution in [-0.4, -0.2) is 17.8 Å². The standard InChI is InChI=1S/C10H16O3/c1-8(2)13-7-10(3,11)9-4-5-12-6-9/h4-6,8,11H,7H2,1-3H3. The first-order chi connectivity index (χ1) is 6.02. The zero-order valence-corrected chi connectivity index (χ0v) is 8.28. The molecule has 0 saturated heterocycles. The lowest BCUT2D eigenvalue weighted by molar-refractivity contribution is -0.0577. The van der Waals surface area contributed by atoms with Crippen LogP contribution in [0.15, 0.2) is 23.0 Å². The number of furan rings is 1. The van der Waals surface area contributed by atoms with E-state index >= 15 is 0 Å². The minimum Gasteiger partial charge on any atom is -0.472 e. The van der Waals surface area contributed by atoms with Crippen LogP contribution in [0.3, 0.4) is 0 Å². The fraction of sp³-hybridized carbons (Fsp3) is 0.600. The van der Waals surface area contributed by atoms with E-state index in [-0.39, 0.29) is 12.7 Å². The van der Waals surface area contributed by atoms with Crippen molar-refractivity contribution in [2.24, 2.45) is 0 Å². The zero-order valence-electron chi connectivity index (χ0n) is 8.28. The highest BCUT2D eigenvalue weighted by molar-refractivity contribution is 5.14. The average Bonchev–Trinajstić information content (AvgIpc) is 2.53. The molecule has 1 N–H and O–H groups in total. The van der Waals surface area contributed by atoms with Crippen LogP contribution >= 0.6 is 0 Å². The summed E-state index contributed by atoms with van der Waals surface area (Å²) in [6.07, 6.45) is 3.20. The summed E-state index contributed by atoms with van der Waals surface area (Å²) in [6, 6.07) is 1.74. The van der Waals surface area contributed by atoms with Crippen molar-refractivity contribution in [3.05, 3.63) is 24.2 Å². The van der Waals surface area contributed by atoms with Gasteiger partial charge in [0.2, 0.25) is 0 Å². The molecular formula is C10H16O3. The molecule has 1 heterocycles. The van der Waals surface area contributed by atoms with E-state index in [1.54, 1.807) is 19.3 Å². The predicted molar refractivity (Wildman–Crippen MR) is 49.4 cm³/mol. The predicted octanol–water partition coefficient (Wildman–Crippen LogP) is 1.91. The fourth-order valence-electron chi connectivity index (χ4n) is 0.983. The Bertz CT molecular complexity index is 237. The number of aliphatic hydroxyl groups is 1. The van der Waals surface area contributed by atoms with Crippen LogP contribution < -0.4 is 0 Å². The summed E-state index contributed by atoms with van der Waals surface area (Å²) < 4.78 is 10.2. The van der Waals surface area contributed by atoms with E-state index in [4.69, 9.17) is 9.15 Å². The minimum atomic E-state index is -0.961. The van der Waals surface area contributed by atoms with Gasteiger partial charge in [-0.05, 0) is 26.8 Å². The van der Waals surface area contributed by atoms with Gasteiger partial charge in [-0.15, -0.1) is 0 Å². The quantitative estimate of drug-likeness (QED) is 0.777. The van der Waals surface area contributed by atoms with Gasteiger partial charge in [0.15, 0.2) is 0 Å². The number of rotatable bonds is 4. The third kappa shape index (κ3) is 2.86. The molecule has 13 heavy (non-hydrogen) atoms. The molecule has 3 heteroatoms. The summed E-state index contributed by atoms with van der Waals surface area (Å²) in [6.45, 7) is 5.86. The molecule has 0 amide bonds. The van der Waals surface area contributed by atoms with Crippen molar-refractivity contribution >= 4 is 0 Å². The summed E-state index contributed by atoms with van der Waals surface area (Å²) in [4.78, 5) is 0. The molecule has 0 aliphatic rings. The van der Waals surface area contributed by atoms with E-state index in [0.717, 1.165) is 5.56 Å². The SMILES string of the molecule is CC(C)OCC(C)(O)c1ccoc1. The van der Waals surface area contributed by atoms with E-state index in [9.17, 15) is 5.11 Å². The average molecular weight is 184 g/mol. The van der Waals surface area contributed by atoms with E-state index in [0.29, 0.717) is 0 Å². The first kappa shape index (κ1) is 10.3. The van der Waals surface area contributed by atoms with Crippen molar-refractivity contribution in [2.45, 2.75) is 32.5 Å². The molecule has 0 fully saturated rings. The topological polar surface area (TPSA) is 42.6 Å². The monoisotopic (exact) mass is 184 g/mol. The van der Waals surface area contributed by atoms with Crippen molar-refractivity contribution in [3.63, 3.8) is 0 Å². The molecule has 0 aliphatic heterocycles. The molecule has 74 valence electrons. The molecule has 0 bridgehead atoms. The maximum atomic E-state index is 9.94. The Morgan fingerprint density at radius 2 is 2.31 bits per heavy atom.